The first-order valence-electron chi connectivity index (χ1n) is 6.89. The average molecular weight is 438 g/mol. The molecule has 0 saturated carbocycles. The van der Waals surface area contributed by atoms with Crippen LogP contribution in [0.4, 0.5) is 17.1 Å². The lowest BCUT2D eigenvalue weighted by atomic mass is 10.2. The zero-order chi connectivity index (χ0) is 20.8. The first-order chi connectivity index (χ1) is 12.5. The van der Waals surface area contributed by atoms with Gasteiger partial charge in [0, 0.05) is 11.8 Å². The zero-order valence-electron chi connectivity index (χ0n) is 14.5. The molecule has 3 N–H and O–H groups in total. The van der Waals surface area contributed by atoms with Gasteiger partial charge in [0.05, 0.1) is 30.1 Å². The maximum Gasteiger partial charge on any atom is 0.312 e. The summed E-state index contributed by atoms with van der Waals surface area (Å²) in [7, 11) is -1.94. The number of ether oxygens (including phenoxy) is 2. The molecule has 2 rings (SSSR count). The van der Waals surface area contributed by atoms with E-state index in [2.05, 4.69) is 0 Å². The normalized spacial score (nSPS) is 9.96. The lowest BCUT2D eigenvalue weighted by Crippen LogP contribution is -2.03. The Morgan fingerprint density at radius 3 is 1.96 bits per heavy atom. The lowest BCUT2D eigenvalue weighted by molar-refractivity contribution is -0.388. The number of anilines is 1. The predicted octanol–water partition coefficient (Wildman–Crippen LogP) is 2.46. The lowest BCUT2D eigenvalue weighted by Gasteiger charge is -2.02. The summed E-state index contributed by atoms with van der Waals surface area (Å²) >= 11 is 0. The molecule has 2 aromatic carbocycles. The monoisotopic (exact) mass is 437 g/mol. The Balaban J connectivity index is 0.000000514. The number of hydrogen-bond acceptors (Lipinski definition) is 9. The number of nitrogens with two attached hydrogens (primary N) is 1. The molecule has 2 aromatic rings. The van der Waals surface area contributed by atoms with E-state index >= 15 is 0 Å². The Bertz CT molecular complexity index is 967. The molecule has 0 fully saturated rings. The van der Waals surface area contributed by atoms with E-state index in [1.807, 2.05) is 0 Å². The fourth-order valence-electron chi connectivity index (χ4n) is 1.83. The molecule has 0 atom stereocenters. The zero-order valence-corrected chi connectivity index (χ0v) is 16.1. The second-order valence-electron chi connectivity index (χ2n) is 4.75. The van der Waals surface area contributed by atoms with Gasteiger partial charge in [0.2, 0.25) is 0 Å². The molecular weight excluding hydrogens is 422 g/mol. The molecule has 12 nitrogen and oxygen atoms in total. The van der Waals surface area contributed by atoms with Gasteiger partial charge in [0.1, 0.15) is 5.75 Å². The first kappa shape index (κ1) is 24.8. The number of nitrogens with zero attached hydrogens (tertiary/aromatic N) is 2. The summed E-state index contributed by atoms with van der Waals surface area (Å²) in [6.45, 7) is 0. The van der Waals surface area contributed by atoms with E-state index < -0.39 is 30.5 Å². The van der Waals surface area contributed by atoms with Gasteiger partial charge in [-0.2, -0.15) is 8.42 Å². The largest absolute Gasteiger partial charge is 0.497 e. The van der Waals surface area contributed by atoms with Gasteiger partial charge < -0.3 is 15.2 Å². The van der Waals surface area contributed by atoms with Crippen molar-refractivity contribution in [1.82, 2.24) is 0 Å². The summed E-state index contributed by atoms with van der Waals surface area (Å²) in [4.78, 5) is 18.7. The summed E-state index contributed by atoms with van der Waals surface area (Å²) in [5.41, 5.74) is 4.87. The number of nitro benzene ring substituents is 2. The molecule has 0 aromatic heterocycles. The molecule has 0 spiro atoms. The van der Waals surface area contributed by atoms with E-state index in [-0.39, 0.29) is 29.6 Å². The third kappa shape index (κ3) is 6.53. The maximum absolute atomic E-state index is 10.8. The van der Waals surface area contributed by atoms with Crippen molar-refractivity contribution in [2.75, 3.05) is 20.0 Å². The van der Waals surface area contributed by atoms with Crippen molar-refractivity contribution in [3.05, 3.63) is 56.6 Å². The topological polar surface area (TPSA) is 185 Å². The quantitative estimate of drug-likeness (QED) is 0.304. The number of nitro groups is 2. The summed E-state index contributed by atoms with van der Waals surface area (Å²) in [6, 6.07) is 7.31. The number of halogens is 1. The third-order valence-corrected chi connectivity index (χ3v) is 3.94. The number of methoxy groups -OCH3 is 2. The molecule has 0 aliphatic heterocycles. The molecule has 14 heteroatoms. The first-order valence-corrected chi connectivity index (χ1v) is 8.33. The van der Waals surface area contributed by atoms with E-state index in [1.54, 1.807) is 6.07 Å². The van der Waals surface area contributed by atoms with Crippen molar-refractivity contribution in [3.63, 3.8) is 0 Å². The second-order valence-corrected chi connectivity index (χ2v) is 6.14. The van der Waals surface area contributed by atoms with Gasteiger partial charge in [-0.3, -0.25) is 24.8 Å². The molecule has 0 unspecified atom stereocenters. The Morgan fingerprint density at radius 2 is 1.54 bits per heavy atom. The van der Waals surface area contributed by atoms with Gasteiger partial charge in [0.15, 0.2) is 10.6 Å². The van der Waals surface area contributed by atoms with Crippen LogP contribution in [0.3, 0.4) is 0 Å². The van der Waals surface area contributed by atoms with Gasteiger partial charge in [-0.05, 0) is 24.3 Å². The highest BCUT2D eigenvalue weighted by Crippen LogP contribution is 2.28. The molecule has 0 radical (unpaired) electrons. The van der Waals surface area contributed by atoms with Crippen molar-refractivity contribution in [1.29, 1.82) is 0 Å². The van der Waals surface area contributed by atoms with E-state index in [0.29, 0.717) is 5.69 Å². The number of nitrogen functional groups attached to an aromatic ring is 1. The van der Waals surface area contributed by atoms with Crippen molar-refractivity contribution in [2.45, 2.75) is 4.90 Å². The van der Waals surface area contributed by atoms with Crippen molar-refractivity contribution >= 4 is 39.6 Å². The van der Waals surface area contributed by atoms with Crippen LogP contribution in [0, 0.1) is 20.2 Å². The molecule has 154 valence electrons. The van der Waals surface area contributed by atoms with E-state index in [4.69, 9.17) is 19.8 Å². The van der Waals surface area contributed by atoms with Gasteiger partial charge in [-0.1, -0.05) is 0 Å². The highest BCUT2D eigenvalue weighted by Gasteiger charge is 2.24. The van der Waals surface area contributed by atoms with Crippen LogP contribution in [0.5, 0.6) is 11.5 Å². The number of benzene rings is 2. The van der Waals surface area contributed by atoms with Crippen molar-refractivity contribution in [3.8, 4) is 11.5 Å². The Labute approximate surface area is 165 Å². The third-order valence-electron chi connectivity index (χ3n) is 3.04. The molecule has 0 saturated heterocycles. The number of hydrogen-bond donors (Lipinski definition) is 2. The summed E-state index contributed by atoms with van der Waals surface area (Å²) in [5, 5.41) is 20.9. The maximum atomic E-state index is 10.8. The van der Waals surface area contributed by atoms with Crippen LogP contribution in [-0.4, -0.2) is 37.0 Å². The van der Waals surface area contributed by atoms with Crippen LogP contribution in [0.15, 0.2) is 41.3 Å². The number of rotatable bonds is 5. The van der Waals surface area contributed by atoms with Gasteiger partial charge in [-0.15, -0.1) is 12.4 Å². The summed E-state index contributed by atoms with van der Waals surface area (Å²) < 4.78 is 39.7. The minimum Gasteiger partial charge on any atom is -0.497 e. The smallest absolute Gasteiger partial charge is 0.312 e. The van der Waals surface area contributed by atoms with Crippen molar-refractivity contribution in [2.24, 2.45) is 0 Å². The molecule has 28 heavy (non-hydrogen) atoms. The molecule has 0 aliphatic rings. The van der Waals surface area contributed by atoms with Crippen LogP contribution in [0.25, 0.3) is 0 Å². The van der Waals surface area contributed by atoms with Crippen LogP contribution in [-0.2, 0) is 10.1 Å². The van der Waals surface area contributed by atoms with Gasteiger partial charge in [-0.25, -0.2) is 0 Å². The highest BCUT2D eigenvalue weighted by atomic mass is 35.5. The highest BCUT2D eigenvalue weighted by molar-refractivity contribution is 7.86. The van der Waals surface area contributed by atoms with Crippen molar-refractivity contribution < 1.29 is 32.3 Å². The minimum atomic E-state index is -4.60. The van der Waals surface area contributed by atoms with E-state index in [1.165, 1.54) is 32.4 Å². The second kappa shape index (κ2) is 10.2. The standard InChI is InChI=1S/C7H8N2O3.C7H7NO6S.ClH/c1-12-7-3-2-5(8)4-6(7)9(10)11;1-14-5-2-3-7(15(11,12)13)6(4-5)8(9)10;/h2-4H,8H2,1H3;2-4H,1H3,(H,11,12,13);1H. The Morgan fingerprint density at radius 1 is 0.964 bits per heavy atom. The summed E-state index contributed by atoms with van der Waals surface area (Å²) in [5.74, 6) is 0.350. The summed E-state index contributed by atoms with van der Waals surface area (Å²) in [6.07, 6.45) is 0. The molecule has 0 amide bonds. The predicted molar refractivity (Wildman–Crippen MR) is 101 cm³/mol. The minimum absolute atomic E-state index is 0. The van der Waals surface area contributed by atoms with Crippen LogP contribution < -0.4 is 15.2 Å². The SMILES string of the molecule is COc1ccc(N)cc1[N+](=O)[O-].COc1ccc(S(=O)(=O)O)c([N+](=O)[O-])c1.Cl. The van der Waals surface area contributed by atoms with Gasteiger partial charge in [0.25, 0.3) is 5.69 Å². The molecule has 0 heterocycles. The molecule has 0 aliphatic carbocycles. The van der Waals surface area contributed by atoms with Crippen LogP contribution >= 0.6 is 12.4 Å². The fraction of sp³-hybridized carbons (Fsp3) is 0.143. The Kier molecular flexibility index (Phi) is 9.09. The molecule has 0 bridgehead atoms. The van der Waals surface area contributed by atoms with E-state index in [0.717, 1.165) is 12.1 Å². The van der Waals surface area contributed by atoms with Crippen LogP contribution in [0.1, 0.15) is 0 Å². The fourth-order valence-corrected chi connectivity index (χ4v) is 2.47. The van der Waals surface area contributed by atoms with Gasteiger partial charge >= 0.3 is 15.8 Å². The van der Waals surface area contributed by atoms with E-state index in [9.17, 15) is 28.6 Å². The Hall–Kier alpha value is -3.16. The molecular formula is C14H16ClN3O9S. The average Bonchev–Trinajstić information content (AvgIpc) is 2.60. The van der Waals surface area contributed by atoms with Crippen LogP contribution in [0.2, 0.25) is 0 Å².